The van der Waals surface area contributed by atoms with Gasteiger partial charge < -0.3 is 5.32 Å². The first-order valence-electron chi connectivity index (χ1n) is 5.62. The molecule has 3 rings (SSSR count). The van der Waals surface area contributed by atoms with Gasteiger partial charge in [-0.25, -0.2) is 0 Å². The van der Waals surface area contributed by atoms with Crippen LogP contribution in [-0.4, -0.2) is 11.4 Å². The molecule has 3 heteroatoms. The topological polar surface area (TPSA) is 52.9 Å². The van der Waals surface area contributed by atoms with E-state index in [-0.39, 0.29) is 5.91 Å². The number of carbonyl (C=O) groups is 1. The Balaban J connectivity index is 1.80. The number of carbonyl (C=O) groups excluding carboxylic acids is 1. The van der Waals surface area contributed by atoms with Gasteiger partial charge in [0.25, 0.3) is 5.91 Å². The molecule has 0 aromatic carbocycles. The van der Waals surface area contributed by atoms with Gasteiger partial charge in [-0.05, 0) is 42.7 Å². The van der Waals surface area contributed by atoms with Gasteiger partial charge in [0.1, 0.15) is 5.54 Å². The minimum Gasteiger partial charge on any atom is -0.334 e. The molecule has 0 heterocycles. The van der Waals surface area contributed by atoms with E-state index in [0.29, 0.717) is 11.5 Å². The summed E-state index contributed by atoms with van der Waals surface area (Å²) < 4.78 is 0. The normalized spacial score (nSPS) is 23.7. The Kier molecular flexibility index (Phi) is 1.77. The van der Waals surface area contributed by atoms with E-state index in [4.69, 9.17) is 5.26 Å². The fraction of sp³-hybridized carbons (Fsp3) is 0.286. The number of hydrogen-bond acceptors (Lipinski definition) is 2. The number of nitrogens with one attached hydrogen (secondary N) is 1. The third-order valence-electron chi connectivity index (χ3n) is 3.24. The maximum Gasteiger partial charge on any atom is 0.253 e. The molecular formula is C14H12N2O. The van der Waals surface area contributed by atoms with Crippen LogP contribution in [0.4, 0.5) is 0 Å². The number of fused-ring (bicyclic) bond motifs is 3. The van der Waals surface area contributed by atoms with E-state index in [1.54, 1.807) is 13.8 Å². The molecule has 0 spiro atoms. The average molecular weight is 224 g/mol. The number of nitrogens with zero attached hydrogens (tertiary/aromatic N) is 1. The van der Waals surface area contributed by atoms with Gasteiger partial charge in [-0.2, -0.15) is 5.26 Å². The Hall–Kier alpha value is -2.08. The van der Waals surface area contributed by atoms with Crippen molar-refractivity contribution in [3.63, 3.8) is 0 Å². The van der Waals surface area contributed by atoms with E-state index in [2.05, 4.69) is 23.5 Å². The van der Waals surface area contributed by atoms with Gasteiger partial charge >= 0.3 is 0 Å². The van der Waals surface area contributed by atoms with Gasteiger partial charge in [0.15, 0.2) is 0 Å². The van der Waals surface area contributed by atoms with Crippen LogP contribution in [0.5, 0.6) is 0 Å². The zero-order chi connectivity index (χ0) is 12.2. The van der Waals surface area contributed by atoms with Gasteiger partial charge in [-0.3, -0.25) is 4.79 Å². The fourth-order valence-corrected chi connectivity index (χ4v) is 2.24. The second kappa shape index (κ2) is 2.98. The molecule has 1 N–H and O–H groups in total. The van der Waals surface area contributed by atoms with E-state index in [0.717, 1.165) is 5.57 Å². The van der Waals surface area contributed by atoms with E-state index in [1.165, 1.54) is 11.1 Å². The summed E-state index contributed by atoms with van der Waals surface area (Å²) in [6.07, 6.45) is 8.09. The number of rotatable bonds is 2. The molecule has 3 aliphatic carbocycles. The van der Waals surface area contributed by atoms with Crippen LogP contribution < -0.4 is 5.32 Å². The van der Waals surface area contributed by atoms with Crippen molar-refractivity contribution in [2.24, 2.45) is 5.92 Å². The van der Waals surface area contributed by atoms with Gasteiger partial charge in [0.2, 0.25) is 0 Å². The number of amides is 1. The lowest BCUT2D eigenvalue weighted by Crippen LogP contribution is -2.42. The van der Waals surface area contributed by atoms with Crippen molar-refractivity contribution in [3.8, 4) is 6.07 Å². The summed E-state index contributed by atoms with van der Waals surface area (Å²) >= 11 is 0. The zero-order valence-corrected chi connectivity index (χ0v) is 9.74. The van der Waals surface area contributed by atoms with Crippen LogP contribution in [0.2, 0.25) is 0 Å². The summed E-state index contributed by atoms with van der Waals surface area (Å²) in [5.41, 5.74) is 3.40. The van der Waals surface area contributed by atoms with Crippen molar-refractivity contribution >= 4 is 5.91 Å². The first kappa shape index (κ1) is 10.1. The number of allylic oxidation sites excluding steroid dienone is 6. The summed E-state index contributed by atoms with van der Waals surface area (Å²) in [7, 11) is 0. The molecule has 1 unspecified atom stereocenters. The molecule has 3 nitrogen and oxygen atoms in total. The standard InChI is InChI=1S/C14H12N2O/c1-14(2,7-15)16-13(17)10-4-3-9-11-5-8(11)6-12(9)10/h3-6,11H,1-2H3,(H,16,17). The molecular weight excluding hydrogens is 212 g/mol. The van der Waals surface area contributed by atoms with Crippen LogP contribution in [0.25, 0.3) is 0 Å². The molecule has 0 fully saturated rings. The fourth-order valence-electron chi connectivity index (χ4n) is 2.24. The van der Waals surface area contributed by atoms with Crippen molar-refractivity contribution in [2.45, 2.75) is 19.4 Å². The van der Waals surface area contributed by atoms with Crippen molar-refractivity contribution in [1.82, 2.24) is 5.32 Å². The maximum absolute atomic E-state index is 12.1. The van der Waals surface area contributed by atoms with Crippen LogP contribution >= 0.6 is 0 Å². The Labute approximate surface area is 99.8 Å². The van der Waals surface area contributed by atoms with Crippen molar-refractivity contribution in [3.05, 3.63) is 46.6 Å². The highest BCUT2D eigenvalue weighted by molar-refractivity contribution is 6.03. The van der Waals surface area contributed by atoms with Gasteiger partial charge in [0, 0.05) is 11.5 Å². The third-order valence-corrected chi connectivity index (χ3v) is 3.24. The third kappa shape index (κ3) is 1.45. The van der Waals surface area contributed by atoms with Crippen LogP contribution in [0.15, 0.2) is 46.6 Å². The highest BCUT2D eigenvalue weighted by atomic mass is 16.1. The zero-order valence-electron chi connectivity index (χ0n) is 9.74. The monoisotopic (exact) mass is 224 g/mol. The average Bonchev–Trinajstić information content (AvgIpc) is 2.75. The van der Waals surface area contributed by atoms with E-state index >= 15 is 0 Å². The first-order chi connectivity index (χ1) is 8.02. The minimum absolute atomic E-state index is 0.170. The van der Waals surface area contributed by atoms with Crippen LogP contribution in [0, 0.1) is 17.2 Å². The summed E-state index contributed by atoms with van der Waals surface area (Å²) in [6, 6.07) is 2.07. The second-order valence-corrected chi connectivity index (χ2v) is 5.10. The molecule has 0 aliphatic heterocycles. The van der Waals surface area contributed by atoms with E-state index < -0.39 is 5.54 Å². The lowest BCUT2D eigenvalue weighted by atomic mass is 10.0. The maximum atomic E-state index is 12.1. The molecule has 84 valence electrons. The van der Waals surface area contributed by atoms with Crippen molar-refractivity contribution in [1.29, 1.82) is 5.26 Å². The number of nitriles is 1. The summed E-state index contributed by atoms with van der Waals surface area (Å²) in [4.78, 5) is 12.1. The summed E-state index contributed by atoms with van der Waals surface area (Å²) in [6.45, 7) is 3.38. The predicted octanol–water partition coefficient (Wildman–Crippen LogP) is 1.77. The van der Waals surface area contributed by atoms with Crippen LogP contribution in [-0.2, 0) is 4.79 Å². The molecule has 17 heavy (non-hydrogen) atoms. The molecule has 3 aliphatic rings. The molecule has 0 bridgehead atoms. The Morgan fingerprint density at radius 2 is 2.24 bits per heavy atom. The van der Waals surface area contributed by atoms with Gasteiger partial charge in [-0.15, -0.1) is 0 Å². The van der Waals surface area contributed by atoms with E-state index in [9.17, 15) is 4.79 Å². The molecule has 0 aromatic rings. The van der Waals surface area contributed by atoms with Gasteiger partial charge in [-0.1, -0.05) is 12.2 Å². The molecule has 0 aromatic heterocycles. The largest absolute Gasteiger partial charge is 0.334 e. The summed E-state index contributed by atoms with van der Waals surface area (Å²) in [5.74, 6) is 0.284. The lowest BCUT2D eigenvalue weighted by molar-refractivity contribution is -0.118. The molecule has 1 amide bonds. The molecule has 0 saturated carbocycles. The minimum atomic E-state index is -0.831. The first-order valence-corrected chi connectivity index (χ1v) is 5.62. The van der Waals surface area contributed by atoms with Crippen molar-refractivity contribution < 1.29 is 4.79 Å². The molecule has 1 atom stereocenters. The Bertz CT molecular complexity index is 594. The second-order valence-electron chi connectivity index (χ2n) is 5.10. The molecule has 0 radical (unpaired) electrons. The SMILES string of the molecule is CC(C)(C#N)NC(=O)C1=CC=C2C1=CC1=CC12. The van der Waals surface area contributed by atoms with E-state index in [1.807, 2.05) is 12.2 Å². The quantitative estimate of drug-likeness (QED) is 0.777. The number of hydrogen-bond donors (Lipinski definition) is 1. The summed E-state index contributed by atoms with van der Waals surface area (Å²) in [5, 5.41) is 11.6. The Morgan fingerprint density at radius 3 is 2.94 bits per heavy atom. The Morgan fingerprint density at radius 1 is 1.47 bits per heavy atom. The van der Waals surface area contributed by atoms with Crippen LogP contribution in [0.1, 0.15) is 13.8 Å². The molecule has 0 saturated heterocycles. The van der Waals surface area contributed by atoms with Crippen molar-refractivity contribution in [2.75, 3.05) is 0 Å². The highest BCUT2D eigenvalue weighted by Gasteiger charge is 2.39. The lowest BCUT2D eigenvalue weighted by Gasteiger charge is -2.18. The van der Waals surface area contributed by atoms with Crippen LogP contribution in [0.3, 0.4) is 0 Å². The smallest absolute Gasteiger partial charge is 0.253 e. The van der Waals surface area contributed by atoms with Gasteiger partial charge in [0.05, 0.1) is 6.07 Å². The predicted molar refractivity (Wildman–Crippen MR) is 63.7 cm³/mol. The highest BCUT2D eigenvalue weighted by Crippen LogP contribution is 2.51.